The van der Waals surface area contributed by atoms with Crippen molar-refractivity contribution < 1.29 is 28.2 Å². The molecule has 1 aliphatic rings. The van der Waals surface area contributed by atoms with Crippen molar-refractivity contribution in [2.75, 3.05) is 32.8 Å². The Morgan fingerprint density at radius 1 is 1.21 bits per heavy atom. The summed E-state index contributed by atoms with van der Waals surface area (Å²) in [5.41, 5.74) is 0.543. The van der Waals surface area contributed by atoms with Crippen LogP contribution in [-0.4, -0.2) is 43.5 Å². The highest BCUT2D eigenvalue weighted by molar-refractivity contribution is 6.00. The highest BCUT2D eigenvalue weighted by Crippen LogP contribution is 2.33. The molecule has 9 heteroatoms. The van der Waals surface area contributed by atoms with Crippen LogP contribution in [-0.2, 0) is 14.3 Å². The number of nitrogens with zero attached hydrogens (tertiary/aromatic N) is 2. The van der Waals surface area contributed by atoms with Crippen LogP contribution in [0.5, 0.6) is 11.5 Å². The average molecular weight is 333 g/mol. The number of amides is 1. The molecule has 1 amide bonds. The van der Waals surface area contributed by atoms with Crippen LogP contribution in [0.3, 0.4) is 0 Å². The van der Waals surface area contributed by atoms with E-state index in [9.17, 15) is 4.79 Å². The van der Waals surface area contributed by atoms with Crippen LogP contribution >= 0.6 is 0 Å². The van der Waals surface area contributed by atoms with Gasteiger partial charge in [-0.05, 0) is 18.2 Å². The van der Waals surface area contributed by atoms with Crippen molar-refractivity contribution in [3.8, 4) is 23.0 Å². The first-order valence-electron chi connectivity index (χ1n) is 7.03. The quantitative estimate of drug-likeness (QED) is 0.879. The van der Waals surface area contributed by atoms with Gasteiger partial charge in [-0.1, -0.05) is 5.10 Å². The highest BCUT2D eigenvalue weighted by atomic mass is 16.6. The summed E-state index contributed by atoms with van der Waals surface area (Å²) in [6, 6.07) is 5.08. The summed E-state index contributed by atoms with van der Waals surface area (Å²) in [5, 5.41) is 10.1. The van der Waals surface area contributed by atoms with Gasteiger partial charge in [0.2, 0.25) is 5.76 Å². The van der Waals surface area contributed by atoms with Gasteiger partial charge in [0, 0.05) is 0 Å². The maximum atomic E-state index is 12.0. The van der Waals surface area contributed by atoms with Gasteiger partial charge in [0.15, 0.2) is 0 Å². The molecule has 0 aliphatic carbocycles. The van der Waals surface area contributed by atoms with Crippen molar-refractivity contribution in [3.63, 3.8) is 0 Å². The molecule has 9 nitrogen and oxygen atoms in total. The average Bonchev–Trinajstić information content (AvgIpc) is 3.10. The molecule has 0 fully saturated rings. The summed E-state index contributed by atoms with van der Waals surface area (Å²) in [4.78, 5) is 12.0. The lowest BCUT2D eigenvalue weighted by Crippen LogP contribution is -2.21. The van der Waals surface area contributed by atoms with Crippen LogP contribution in [0.4, 0.5) is 6.01 Å². The maximum Gasteiger partial charge on any atom is 0.322 e. The predicted octanol–water partition coefficient (Wildman–Crippen LogP) is 1.58. The molecule has 1 aromatic heterocycles. The summed E-state index contributed by atoms with van der Waals surface area (Å²) < 4.78 is 26.1. The largest absolute Gasteiger partial charge is 0.497 e. The number of carbonyl (C=O) groups is 1. The Kier molecular flexibility index (Phi) is 4.50. The Hall–Kier alpha value is -3.23. The fraction of sp³-hybridized carbons (Fsp3) is 0.267. The van der Waals surface area contributed by atoms with Crippen LogP contribution in [0.15, 0.2) is 34.6 Å². The minimum atomic E-state index is -0.539. The Morgan fingerprint density at radius 2 is 2.08 bits per heavy atom. The molecule has 1 aromatic carbocycles. The molecule has 1 aliphatic heterocycles. The Labute approximate surface area is 137 Å². The summed E-state index contributed by atoms with van der Waals surface area (Å²) in [7, 11) is 3.07. The van der Waals surface area contributed by atoms with Gasteiger partial charge in [0.25, 0.3) is 11.8 Å². The van der Waals surface area contributed by atoms with E-state index in [0.29, 0.717) is 30.3 Å². The Bertz CT molecular complexity index is 770. The van der Waals surface area contributed by atoms with Gasteiger partial charge in [-0.2, -0.15) is 0 Å². The van der Waals surface area contributed by atoms with Crippen LogP contribution in [0.1, 0.15) is 0 Å². The summed E-state index contributed by atoms with van der Waals surface area (Å²) in [6.07, 6.45) is 1.24. The van der Waals surface area contributed by atoms with Crippen LogP contribution in [0.25, 0.3) is 11.5 Å². The van der Waals surface area contributed by atoms with Gasteiger partial charge in [-0.15, -0.1) is 5.10 Å². The van der Waals surface area contributed by atoms with Crippen LogP contribution in [0, 0.1) is 0 Å². The molecule has 0 bridgehead atoms. The smallest absolute Gasteiger partial charge is 0.322 e. The van der Waals surface area contributed by atoms with E-state index in [0.717, 1.165) is 0 Å². The second-order valence-electron chi connectivity index (χ2n) is 4.63. The van der Waals surface area contributed by atoms with Gasteiger partial charge in [0.1, 0.15) is 31.0 Å². The zero-order valence-corrected chi connectivity index (χ0v) is 13.1. The van der Waals surface area contributed by atoms with Crippen LogP contribution in [0.2, 0.25) is 0 Å². The molecule has 2 aromatic rings. The second kappa shape index (κ2) is 6.90. The van der Waals surface area contributed by atoms with Gasteiger partial charge in [-0.3, -0.25) is 10.1 Å². The molecule has 0 unspecified atom stereocenters. The van der Waals surface area contributed by atoms with Gasteiger partial charge in [-0.25, -0.2) is 0 Å². The van der Waals surface area contributed by atoms with Crippen molar-refractivity contribution in [2.45, 2.75) is 0 Å². The number of hydrogen-bond acceptors (Lipinski definition) is 8. The number of benzene rings is 1. The Balaban J connectivity index is 1.80. The molecule has 126 valence electrons. The third-order valence-corrected chi connectivity index (χ3v) is 3.16. The fourth-order valence-corrected chi connectivity index (χ4v) is 2.01. The lowest BCUT2D eigenvalue weighted by molar-refractivity contribution is -0.117. The van der Waals surface area contributed by atoms with E-state index in [-0.39, 0.29) is 17.7 Å². The van der Waals surface area contributed by atoms with E-state index >= 15 is 0 Å². The third-order valence-electron chi connectivity index (χ3n) is 3.16. The summed E-state index contributed by atoms with van der Waals surface area (Å²) >= 11 is 0. The highest BCUT2D eigenvalue weighted by Gasteiger charge is 2.20. The zero-order chi connectivity index (χ0) is 16.9. The number of methoxy groups -OCH3 is 2. The molecule has 0 saturated heterocycles. The van der Waals surface area contributed by atoms with E-state index in [1.807, 2.05) is 0 Å². The standard InChI is InChI=1S/C15H15N3O6/c1-20-9-3-4-11(21-2)10(7-9)14-17-18-15(24-14)16-13(19)12-8-22-5-6-23-12/h3-4,7-8H,5-6H2,1-2H3,(H,16,18,19). The molecule has 1 N–H and O–H groups in total. The number of rotatable bonds is 5. The van der Waals surface area contributed by atoms with E-state index in [2.05, 4.69) is 15.5 Å². The number of carbonyl (C=O) groups excluding carboxylic acids is 1. The normalized spacial score (nSPS) is 13.3. The molecule has 3 rings (SSSR count). The van der Waals surface area contributed by atoms with Crippen molar-refractivity contribution in [1.82, 2.24) is 10.2 Å². The van der Waals surface area contributed by atoms with Crippen molar-refractivity contribution in [1.29, 1.82) is 0 Å². The molecular weight excluding hydrogens is 318 g/mol. The topological polar surface area (TPSA) is 105 Å². The fourth-order valence-electron chi connectivity index (χ4n) is 2.01. The zero-order valence-electron chi connectivity index (χ0n) is 13.1. The van der Waals surface area contributed by atoms with E-state index in [4.69, 9.17) is 23.4 Å². The van der Waals surface area contributed by atoms with Crippen molar-refractivity contribution in [3.05, 3.63) is 30.2 Å². The van der Waals surface area contributed by atoms with E-state index in [1.165, 1.54) is 13.4 Å². The van der Waals surface area contributed by atoms with E-state index < -0.39 is 5.91 Å². The minimum Gasteiger partial charge on any atom is -0.497 e. The number of hydrogen-bond donors (Lipinski definition) is 1. The molecule has 2 heterocycles. The number of nitrogens with one attached hydrogen (secondary N) is 1. The first kappa shape index (κ1) is 15.7. The molecule has 0 radical (unpaired) electrons. The molecule has 24 heavy (non-hydrogen) atoms. The van der Waals surface area contributed by atoms with E-state index in [1.54, 1.807) is 25.3 Å². The van der Waals surface area contributed by atoms with Crippen LogP contribution < -0.4 is 14.8 Å². The first-order valence-corrected chi connectivity index (χ1v) is 7.03. The first-order chi connectivity index (χ1) is 11.7. The lowest BCUT2D eigenvalue weighted by atomic mass is 10.2. The third kappa shape index (κ3) is 3.24. The number of anilines is 1. The molecular formula is C15H15N3O6. The lowest BCUT2D eigenvalue weighted by Gasteiger charge is -2.13. The number of ether oxygens (including phenoxy) is 4. The maximum absolute atomic E-state index is 12.0. The number of aromatic nitrogens is 2. The predicted molar refractivity (Wildman–Crippen MR) is 81.5 cm³/mol. The second-order valence-corrected chi connectivity index (χ2v) is 4.63. The monoisotopic (exact) mass is 333 g/mol. The summed E-state index contributed by atoms with van der Waals surface area (Å²) in [5.74, 6) is 0.815. The molecule has 0 saturated carbocycles. The van der Waals surface area contributed by atoms with Crippen molar-refractivity contribution >= 4 is 11.9 Å². The molecule has 0 spiro atoms. The van der Waals surface area contributed by atoms with Gasteiger partial charge >= 0.3 is 6.01 Å². The minimum absolute atomic E-state index is 0.0416. The van der Waals surface area contributed by atoms with Crippen molar-refractivity contribution in [2.24, 2.45) is 0 Å². The van der Waals surface area contributed by atoms with Gasteiger partial charge in [0.05, 0.1) is 19.8 Å². The Morgan fingerprint density at radius 3 is 2.79 bits per heavy atom. The SMILES string of the molecule is COc1ccc(OC)c(-c2nnc(NC(=O)C3=COCCO3)o2)c1. The molecule has 0 atom stereocenters. The summed E-state index contributed by atoms with van der Waals surface area (Å²) in [6.45, 7) is 0.701. The van der Waals surface area contributed by atoms with Gasteiger partial charge < -0.3 is 23.4 Å².